The lowest BCUT2D eigenvalue weighted by Gasteiger charge is -2.30. The summed E-state index contributed by atoms with van der Waals surface area (Å²) in [6.07, 6.45) is 4.76. The highest BCUT2D eigenvalue weighted by atomic mass is 32.1. The van der Waals surface area contributed by atoms with Crippen molar-refractivity contribution in [1.29, 1.82) is 5.41 Å². The van der Waals surface area contributed by atoms with Gasteiger partial charge in [-0.2, -0.15) is 12.6 Å². The van der Waals surface area contributed by atoms with Gasteiger partial charge in [0.25, 0.3) is 0 Å². The third-order valence-electron chi connectivity index (χ3n) is 22.2. The number of nitrogens with zero attached hydrogens (tertiary/aromatic N) is 3. The quantitative estimate of drug-likeness (QED) is 0.00745. The third-order valence-corrected chi connectivity index (χ3v) is 22.6. The molecule has 5 rings (SSSR count). The summed E-state index contributed by atoms with van der Waals surface area (Å²) in [7, 11) is 0. The van der Waals surface area contributed by atoms with Crippen LogP contribution in [0, 0.1) is 29.1 Å². The minimum absolute atomic E-state index is 0.00865. The number of carboxylic acids is 1. The van der Waals surface area contributed by atoms with Crippen LogP contribution in [0.4, 0.5) is 0 Å². The normalized spacial score (nSPS) is 14.8. The summed E-state index contributed by atoms with van der Waals surface area (Å²) in [5.74, 6) is -21.3. The molecule has 0 aliphatic carbocycles. The van der Waals surface area contributed by atoms with Gasteiger partial charge >= 0.3 is 5.97 Å². The lowest BCUT2D eigenvalue weighted by Crippen LogP contribution is -2.62. The number of amides is 18. The SMILES string of the molecule is CC[C@H](C)[C@H](NC(=O)[C@H](CCCNC(=N)N)NC(=O)[C@H](Cc1ccccc1)NC(=O)[C@H](Cc1c[nH]cn1)NC(=O)[C@@H](NC(=O)[C@H](Cc1ccccc1)NC(=O)[C@H](CC(C)C)NC(=O)[C@H](CC(C)C)NC(=O)[C@H](CCC(N)=O)NC(=O)[C@@H](N)CCC(N)=O)[C@@H](C)CC)C(=O)NCC(=O)N[C@@H](CS)C(=O)N[C@@H](CCC(N)=O)C(=O)N[C@@H](Cc1c[nH]cn1)C(=O)N[C@@H](Cc1c[nH]cn1)C(=O)N[C@@H](CO)C(=O)O. The number of nitrogens with one attached hydrogen (secondary N) is 20. The van der Waals surface area contributed by atoms with Crippen LogP contribution >= 0.6 is 12.6 Å². The van der Waals surface area contributed by atoms with E-state index in [4.69, 9.17) is 34.1 Å². The van der Waals surface area contributed by atoms with E-state index in [2.05, 4.69) is 128 Å². The number of hydrogen-bond acceptors (Lipinski definition) is 26. The monoisotopic (exact) mass is 1960 g/mol. The van der Waals surface area contributed by atoms with Gasteiger partial charge in [-0.1, -0.05) is 129 Å². The molecule has 0 fully saturated rings. The molecule has 5 aromatic rings. The summed E-state index contributed by atoms with van der Waals surface area (Å²) in [5, 5.41) is 68.3. The fraction of sp³-hybridized carbons (Fsp3) is 0.539. The first kappa shape index (κ1) is 115. The molecule has 49 nitrogen and oxygen atoms in total. The van der Waals surface area contributed by atoms with E-state index in [-0.39, 0.29) is 132 Å². The van der Waals surface area contributed by atoms with E-state index < -0.39 is 252 Å². The zero-order chi connectivity index (χ0) is 103. The highest BCUT2D eigenvalue weighted by molar-refractivity contribution is 7.80. The Bertz CT molecular complexity index is 4900. The molecule has 0 aliphatic rings. The van der Waals surface area contributed by atoms with E-state index >= 15 is 19.2 Å². The van der Waals surface area contributed by atoms with Crippen molar-refractivity contribution in [3.8, 4) is 0 Å². The van der Waals surface area contributed by atoms with Crippen LogP contribution in [-0.2, 0) is 123 Å². The van der Waals surface area contributed by atoms with E-state index in [1.54, 1.807) is 116 Å². The fourth-order valence-corrected chi connectivity index (χ4v) is 14.4. The van der Waals surface area contributed by atoms with Crippen molar-refractivity contribution < 1.29 is 101 Å². The van der Waals surface area contributed by atoms with Crippen LogP contribution < -0.4 is 114 Å². The summed E-state index contributed by atoms with van der Waals surface area (Å²) >= 11 is 4.25. The molecule has 0 bridgehead atoms. The van der Waals surface area contributed by atoms with Crippen LogP contribution in [0.2, 0.25) is 0 Å². The summed E-state index contributed by atoms with van der Waals surface area (Å²) in [5.41, 5.74) is 29.5. The molecule has 18 amide bonds. The molecule has 2 aromatic carbocycles. The standard InChI is InChI=1S/C89H134N28O21S/c1-9-48(7)72(86(135)100-40-71(122)104-67(42-139)85(134)107-58(25-28-70(93)121)76(125)112-63(34-52-37-96-43-101-52)81(130)113-64(35-53-38-97-44-102-53)83(132)115-66(41-118)88(137)138)116-77(126)56(22-17-29-99-89(94)95)106-80(129)61(32-50-18-13-11-14-19-50)110-82(131)65(36-54-39-98-45-103-54)114-87(136)73(49(8)10-2)117-84(133)62(33-51-20-15-12-16-21-51)111-79(128)60(31-47(5)6)109-78(127)59(30-46(3)4)108-75(124)57(24-27-69(92)120)105-74(123)55(90)23-26-68(91)119/h11-16,18-21,37-39,43-49,55-67,72-73,118,139H,9-10,17,22-36,40-42,90H2,1-8H3,(H2,91,119)(H2,92,120)(H2,93,121)(H,96,101)(H,97,102)(H,98,103)(H,100,135)(H,104,122)(H,105,123)(H,106,129)(H,107,134)(H,108,124)(H,109,127)(H,110,131)(H,111,128)(H,112,125)(H,113,130)(H,114,136)(H,115,132)(H,116,126)(H,117,133)(H,137,138)(H4,94,95,99)/t48-,49-,55-,56-,57-,58-,59-,60-,61-,62-,63-,64-,65-,66-,67-,72-,73-/m0/s1. The topological polar surface area (TPSA) is 797 Å². The second-order valence-corrected chi connectivity index (χ2v) is 34.9. The Balaban J connectivity index is 1.39. The van der Waals surface area contributed by atoms with Crippen LogP contribution in [0.25, 0.3) is 0 Å². The maximum Gasteiger partial charge on any atom is 0.328 e. The first-order valence-corrected chi connectivity index (χ1v) is 46.2. The van der Waals surface area contributed by atoms with Gasteiger partial charge in [-0.25, -0.2) is 19.7 Å². The van der Waals surface area contributed by atoms with Crippen LogP contribution in [0.5, 0.6) is 0 Å². The van der Waals surface area contributed by atoms with Crippen LogP contribution in [-0.4, -0.2) is 274 Å². The van der Waals surface area contributed by atoms with Crippen LogP contribution in [0.1, 0.15) is 161 Å². The lowest BCUT2D eigenvalue weighted by molar-refractivity contribution is -0.143. The summed E-state index contributed by atoms with van der Waals surface area (Å²) in [6.45, 7) is 11.8. The predicted molar refractivity (Wildman–Crippen MR) is 506 cm³/mol. The number of aromatic amines is 3. The molecule has 762 valence electrons. The maximum absolute atomic E-state index is 15.3. The Morgan fingerprint density at radius 2 is 0.698 bits per heavy atom. The van der Waals surface area contributed by atoms with Gasteiger partial charge in [-0.15, -0.1) is 0 Å². The highest BCUT2D eigenvalue weighted by Gasteiger charge is 2.41. The van der Waals surface area contributed by atoms with E-state index in [1.807, 2.05) is 0 Å². The zero-order valence-electron chi connectivity index (χ0n) is 78.9. The molecule has 32 N–H and O–H groups in total. The Morgan fingerprint density at radius 3 is 1.05 bits per heavy atom. The van der Waals surface area contributed by atoms with E-state index in [0.29, 0.717) is 11.1 Å². The number of carbonyl (C=O) groups excluding carboxylic acids is 18. The number of benzene rings is 2. The second-order valence-electron chi connectivity index (χ2n) is 34.5. The first-order valence-electron chi connectivity index (χ1n) is 45.6. The molecule has 0 radical (unpaired) electrons. The number of guanidine groups is 1. The number of primary amides is 3. The lowest BCUT2D eigenvalue weighted by atomic mass is 9.96. The number of H-pyrrole nitrogens is 3. The second kappa shape index (κ2) is 59.5. The number of aromatic nitrogens is 6. The Kier molecular flexibility index (Phi) is 49.3. The van der Waals surface area contributed by atoms with Crippen molar-refractivity contribution >= 4 is 131 Å². The van der Waals surface area contributed by atoms with Crippen molar-refractivity contribution in [3.63, 3.8) is 0 Å². The van der Waals surface area contributed by atoms with Gasteiger partial charge in [-0.3, -0.25) is 91.7 Å². The smallest absolute Gasteiger partial charge is 0.328 e. The number of aliphatic hydroxyl groups is 1. The third kappa shape index (κ3) is 41.6. The van der Waals surface area contributed by atoms with Crippen molar-refractivity contribution in [2.45, 2.75) is 255 Å². The molecule has 50 heteroatoms. The van der Waals surface area contributed by atoms with Crippen molar-refractivity contribution in [1.82, 2.24) is 115 Å². The van der Waals surface area contributed by atoms with Crippen LogP contribution in [0.3, 0.4) is 0 Å². The highest BCUT2D eigenvalue weighted by Crippen LogP contribution is 2.19. The van der Waals surface area contributed by atoms with Gasteiger partial charge in [0.1, 0.15) is 84.6 Å². The van der Waals surface area contributed by atoms with Crippen molar-refractivity contribution in [3.05, 3.63) is 126 Å². The molecule has 0 spiro atoms. The molecule has 0 aliphatic heterocycles. The number of nitrogens with two attached hydrogens (primary N) is 5. The molecule has 17 atom stereocenters. The average Bonchev–Trinajstić information content (AvgIpc) is 1.03. The number of imidazole rings is 3. The summed E-state index contributed by atoms with van der Waals surface area (Å²) in [6, 6.07) is -6.07. The predicted octanol–water partition coefficient (Wildman–Crippen LogP) is -6.15. The Labute approximate surface area is 808 Å². The number of carboxylic acid groups (broad SMARTS) is 1. The molecule has 139 heavy (non-hydrogen) atoms. The van der Waals surface area contributed by atoms with E-state index in [1.165, 1.54) is 37.6 Å². The number of aliphatic carboxylic acids is 1. The van der Waals surface area contributed by atoms with Gasteiger partial charge in [0.2, 0.25) is 106 Å². The number of thiol groups is 1. The van der Waals surface area contributed by atoms with Crippen molar-refractivity contribution in [2.75, 3.05) is 25.4 Å². The van der Waals surface area contributed by atoms with Gasteiger partial charge < -0.3 is 139 Å². The largest absolute Gasteiger partial charge is 0.480 e. The number of rotatable bonds is 64. The van der Waals surface area contributed by atoms with Gasteiger partial charge in [0, 0.05) is 82.3 Å². The Morgan fingerprint density at radius 1 is 0.381 bits per heavy atom. The fourth-order valence-electron chi connectivity index (χ4n) is 14.1. The molecule has 0 saturated heterocycles. The summed E-state index contributed by atoms with van der Waals surface area (Å²) < 4.78 is 0. The molecule has 0 saturated carbocycles. The van der Waals surface area contributed by atoms with Gasteiger partial charge in [-0.05, 0) is 79.7 Å². The van der Waals surface area contributed by atoms with Gasteiger partial charge in [0.05, 0.1) is 55.3 Å². The minimum Gasteiger partial charge on any atom is -0.480 e. The number of carbonyl (C=O) groups is 19. The average molecular weight is 1960 g/mol. The van der Waals surface area contributed by atoms with Crippen molar-refractivity contribution in [2.24, 2.45) is 52.3 Å². The molecule has 0 unspecified atom stereocenters. The summed E-state index contributed by atoms with van der Waals surface area (Å²) in [4.78, 5) is 285. The van der Waals surface area contributed by atoms with Gasteiger partial charge in [0.15, 0.2) is 5.96 Å². The van der Waals surface area contributed by atoms with E-state index in [0.717, 1.165) is 0 Å². The number of aliphatic hydroxyl groups excluding tert-OH is 1. The van der Waals surface area contributed by atoms with Crippen LogP contribution in [0.15, 0.2) is 98.2 Å². The number of hydrogen-bond donors (Lipinski definition) is 28. The molecule has 3 heterocycles. The first-order chi connectivity index (χ1) is 65.9. The molecular formula is C89H134N28O21S. The zero-order valence-corrected chi connectivity index (χ0v) is 79.8. The Hall–Kier alpha value is -14.5. The van der Waals surface area contributed by atoms with E-state index in [9.17, 15) is 82.1 Å². The minimum atomic E-state index is -1.79. The molecular weight excluding hydrogens is 1830 g/mol. The maximum atomic E-state index is 15.3. The molecule has 3 aromatic heterocycles.